The van der Waals surface area contributed by atoms with Crippen LogP contribution in [0, 0.1) is 11.8 Å². The van der Waals surface area contributed by atoms with Gasteiger partial charge in [-0.1, -0.05) is 20.8 Å². The fourth-order valence-electron chi connectivity index (χ4n) is 2.97. The molecule has 0 amide bonds. The van der Waals surface area contributed by atoms with Crippen molar-refractivity contribution in [3.05, 3.63) is 0 Å². The standard InChI is InChI=1S/C15H32N2O2S/c1-4-9-16-10-5-6-11-20(18,19)17-15-8-7-13(2)12-14(15)3/h13-17H,4-12H2,1-3H3. The van der Waals surface area contributed by atoms with Crippen LogP contribution in [0.15, 0.2) is 0 Å². The first-order valence-electron chi connectivity index (χ1n) is 8.15. The zero-order valence-electron chi connectivity index (χ0n) is 13.3. The van der Waals surface area contributed by atoms with Crippen molar-refractivity contribution in [3.8, 4) is 0 Å². The first kappa shape index (κ1) is 17.9. The molecule has 0 spiro atoms. The summed E-state index contributed by atoms with van der Waals surface area (Å²) in [5.41, 5.74) is 0. The fraction of sp³-hybridized carbons (Fsp3) is 1.00. The Labute approximate surface area is 125 Å². The van der Waals surface area contributed by atoms with E-state index in [-0.39, 0.29) is 11.8 Å². The molecule has 0 aromatic carbocycles. The van der Waals surface area contributed by atoms with E-state index in [1.165, 1.54) is 0 Å². The Balaban J connectivity index is 2.23. The van der Waals surface area contributed by atoms with Crippen LogP contribution in [0.5, 0.6) is 0 Å². The molecule has 3 atom stereocenters. The third-order valence-electron chi connectivity index (χ3n) is 4.21. The Morgan fingerprint density at radius 3 is 2.50 bits per heavy atom. The van der Waals surface area contributed by atoms with E-state index in [0.717, 1.165) is 57.5 Å². The number of nitrogens with one attached hydrogen (secondary N) is 2. The smallest absolute Gasteiger partial charge is 0.211 e. The predicted octanol–water partition coefficient (Wildman–Crippen LogP) is 2.51. The van der Waals surface area contributed by atoms with Gasteiger partial charge in [0.25, 0.3) is 0 Å². The molecule has 1 saturated carbocycles. The summed E-state index contributed by atoms with van der Waals surface area (Å²) in [5, 5.41) is 3.30. The molecule has 3 unspecified atom stereocenters. The van der Waals surface area contributed by atoms with Gasteiger partial charge in [0.2, 0.25) is 10.0 Å². The van der Waals surface area contributed by atoms with Crippen LogP contribution in [-0.4, -0.2) is 33.3 Å². The maximum Gasteiger partial charge on any atom is 0.211 e. The van der Waals surface area contributed by atoms with Crippen molar-refractivity contribution in [1.82, 2.24) is 10.0 Å². The summed E-state index contributed by atoms with van der Waals surface area (Å²) in [4.78, 5) is 0. The normalized spacial score (nSPS) is 27.6. The maximum absolute atomic E-state index is 12.1. The lowest BCUT2D eigenvalue weighted by molar-refractivity contribution is 0.249. The summed E-state index contributed by atoms with van der Waals surface area (Å²) in [6.07, 6.45) is 6.05. The largest absolute Gasteiger partial charge is 0.317 e. The minimum absolute atomic E-state index is 0.148. The molecule has 20 heavy (non-hydrogen) atoms. The van der Waals surface area contributed by atoms with Crippen molar-refractivity contribution < 1.29 is 8.42 Å². The molecule has 0 saturated heterocycles. The molecule has 1 aliphatic rings. The second kappa shape index (κ2) is 9.00. The SMILES string of the molecule is CCCNCCCCS(=O)(=O)NC1CCC(C)CC1C. The molecular weight excluding hydrogens is 272 g/mol. The van der Waals surface area contributed by atoms with Crippen molar-refractivity contribution in [3.63, 3.8) is 0 Å². The summed E-state index contributed by atoms with van der Waals surface area (Å²) in [6, 6.07) is 0.148. The van der Waals surface area contributed by atoms with E-state index < -0.39 is 10.0 Å². The first-order chi connectivity index (χ1) is 9.44. The Kier molecular flexibility index (Phi) is 8.07. The van der Waals surface area contributed by atoms with Gasteiger partial charge in [-0.2, -0.15) is 0 Å². The van der Waals surface area contributed by atoms with Crippen LogP contribution < -0.4 is 10.0 Å². The summed E-state index contributed by atoms with van der Waals surface area (Å²) < 4.78 is 27.1. The van der Waals surface area contributed by atoms with E-state index in [1.807, 2.05) is 0 Å². The Morgan fingerprint density at radius 2 is 1.85 bits per heavy atom. The summed E-state index contributed by atoms with van der Waals surface area (Å²) in [6.45, 7) is 8.49. The molecule has 5 heteroatoms. The monoisotopic (exact) mass is 304 g/mol. The first-order valence-corrected chi connectivity index (χ1v) is 9.80. The highest BCUT2D eigenvalue weighted by Crippen LogP contribution is 2.28. The van der Waals surface area contributed by atoms with Crippen LogP contribution in [0.3, 0.4) is 0 Å². The van der Waals surface area contributed by atoms with Gasteiger partial charge in [-0.25, -0.2) is 13.1 Å². The van der Waals surface area contributed by atoms with Crippen LogP contribution in [0.4, 0.5) is 0 Å². The van der Waals surface area contributed by atoms with Crippen LogP contribution in [0.2, 0.25) is 0 Å². The molecular formula is C15H32N2O2S. The third-order valence-corrected chi connectivity index (χ3v) is 5.69. The molecule has 4 nitrogen and oxygen atoms in total. The van der Waals surface area contributed by atoms with Gasteiger partial charge in [0.05, 0.1) is 5.75 Å². The number of unbranched alkanes of at least 4 members (excludes halogenated alkanes) is 1. The number of rotatable bonds is 9. The Morgan fingerprint density at radius 1 is 1.10 bits per heavy atom. The van der Waals surface area contributed by atoms with Gasteiger partial charge in [0.1, 0.15) is 0 Å². The van der Waals surface area contributed by atoms with Gasteiger partial charge in [-0.05, 0) is 63.5 Å². The molecule has 1 rings (SSSR count). The number of hydrogen-bond donors (Lipinski definition) is 2. The minimum atomic E-state index is -3.10. The van der Waals surface area contributed by atoms with Gasteiger partial charge in [0.15, 0.2) is 0 Å². The predicted molar refractivity (Wildman–Crippen MR) is 85.3 cm³/mol. The van der Waals surface area contributed by atoms with E-state index in [2.05, 4.69) is 30.8 Å². The third kappa shape index (κ3) is 7.04. The molecule has 0 aromatic heterocycles. The highest BCUT2D eigenvalue weighted by molar-refractivity contribution is 7.89. The second-order valence-electron chi connectivity index (χ2n) is 6.40. The van der Waals surface area contributed by atoms with Crippen molar-refractivity contribution in [1.29, 1.82) is 0 Å². The van der Waals surface area contributed by atoms with Crippen LogP contribution >= 0.6 is 0 Å². The van der Waals surface area contributed by atoms with Crippen LogP contribution in [0.25, 0.3) is 0 Å². The van der Waals surface area contributed by atoms with Crippen LogP contribution in [-0.2, 0) is 10.0 Å². The number of hydrogen-bond acceptors (Lipinski definition) is 3. The highest BCUT2D eigenvalue weighted by atomic mass is 32.2. The summed E-state index contributed by atoms with van der Waals surface area (Å²) in [5.74, 6) is 1.45. The lowest BCUT2D eigenvalue weighted by Gasteiger charge is -2.32. The minimum Gasteiger partial charge on any atom is -0.317 e. The van der Waals surface area contributed by atoms with E-state index in [4.69, 9.17) is 0 Å². The van der Waals surface area contributed by atoms with Gasteiger partial charge in [-0.15, -0.1) is 0 Å². The highest BCUT2D eigenvalue weighted by Gasteiger charge is 2.28. The molecule has 0 bridgehead atoms. The van der Waals surface area contributed by atoms with Gasteiger partial charge in [0, 0.05) is 6.04 Å². The quantitative estimate of drug-likeness (QED) is 0.644. The van der Waals surface area contributed by atoms with Crippen molar-refractivity contribution in [2.24, 2.45) is 11.8 Å². The lowest BCUT2D eigenvalue weighted by atomic mass is 9.80. The molecule has 0 heterocycles. The molecule has 0 aliphatic heterocycles. The van der Waals surface area contributed by atoms with Gasteiger partial charge < -0.3 is 5.32 Å². The topological polar surface area (TPSA) is 58.2 Å². The zero-order chi connectivity index (χ0) is 15.0. The van der Waals surface area contributed by atoms with E-state index in [1.54, 1.807) is 0 Å². The average molecular weight is 305 g/mol. The molecule has 0 aromatic rings. The van der Waals surface area contributed by atoms with Gasteiger partial charge >= 0.3 is 0 Å². The Bertz CT molecular complexity index is 357. The fourth-order valence-corrected chi connectivity index (χ4v) is 4.49. The van der Waals surface area contributed by atoms with Crippen molar-refractivity contribution in [2.45, 2.75) is 65.3 Å². The zero-order valence-corrected chi connectivity index (χ0v) is 14.1. The molecule has 1 fully saturated rings. The van der Waals surface area contributed by atoms with E-state index in [0.29, 0.717) is 5.92 Å². The lowest BCUT2D eigenvalue weighted by Crippen LogP contribution is -2.43. The van der Waals surface area contributed by atoms with E-state index >= 15 is 0 Å². The van der Waals surface area contributed by atoms with E-state index in [9.17, 15) is 8.42 Å². The Hall–Kier alpha value is -0.130. The molecule has 120 valence electrons. The van der Waals surface area contributed by atoms with Gasteiger partial charge in [-0.3, -0.25) is 0 Å². The molecule has 2 N–H and O–H groups in total. The van der Waals surface area contributed by atoms with Crippen LogP contribution in [0.1, 0.15) is 59.3 Å². The number of sulfonamides is 1. The molecule has 0 radical (unpaired) electrons. The average Bonchev–Trinajstić information content (AvgIpc) is 2.37. The second-order valence-corrected chi connectivity index (χ2v) is 8.27. The summed E-state index contributed by atoms with van der Waals surface area (Å²) >= 11 is 0. The summed E-state index contributed by atoms with van der Waals surface area (Å²) in [7, 11) is -3.10. The van der Waals surface area contributed by atoms with Crippen molar-refractivity contribution >= 4 is 10.0 Å². The van der Waals surface area contributed by atoms with Crippen molar-refractivity contribution in [2.75, 3.05) is 18.8 Å². The molecule has 1 aliphatic carbocycles. The maximum atomic E-state index is 12.1.